The number of furan rings is 1. The van der Waals surface area contributed by atoms with E-state index < -0.39 is 0 Å². The monoisotopic (exact) mass is 248 g/mol. The van der Waals surface area contributed by atoms with Gasteiger partial charge in [0.1, 0.15) is 12.4 Å². The first-order valence-electron chi connectivity index (χ1n) is 5.73. The van der Waals surface area contributed by atoms with Gasteiger partial charge < -0.3 is 19.2 Å². The minimum Gasteiger partial charge on any atom is -0.474 e. The third kappa shape index (κ3) is 3.49. The molecule has 2 rings (SSSR count). The summed E-state index contributed by atoms with van der Waals surface area (Å²) in [5, 5.41) is 3.22. The third-order valence-corrected chi connectivity index (χ3v) is 2.33. The van der Waals surface area contributed by atoms with E-state index in [0.717, 1.165) is 11.4 Å². The van der Waals surface area contributed by atoms with Gasteiger partial charge in [-0.2, -0.15) is 0 Å². The second-order valence-electron chi connectivity index (χ2n) is 3.63. The number of rotatable bonds is 7. The van der Waals surface area contributed by atoms with Crippen LogP contribution in [0.25, 0.3) is 0 Å². The van der Waals surface area contributed by atoms with Gasteiger partial charge in [0.05, 0.1) is 25.1 Å². The summed E-state index contributed by atoms with van der Waals surface area (Å²) in [4.78, 5) is 4.18. The fourth-order valence-corrected chi connectivity index (χ4v) is 1.46. The molecule has 2 aromatic rings. The molecular weight excluding hydrogens is 232 g/mol. The van der Waals surface area contributed by atoms with E-state index in [2.05, 4.69) is 10.3 Å². The molecule has 1 N–H and O–H groups in total. The molecular formula is C13H16N2O3. The van der Waals surface area contributed by atoms with Crippen molar-refractivity contribution in [3.05, 3.63) is 42.5 Å². The Kier molecular flexibility index (Phi) is 4.60. The molecule has 0 atom stereocenters. The van der Waals surface area contributed by atoms with Gasteiger partial charge in [0.25, 0.3) is 0 Å². The van der Waals surface area contributed by atoms with E-state index in [0.29, 0.717) is 25.6 Å². The normalized spacial score (nSPS) is 10.3. The Morgan fingerprint density at radius 2 is 2.22 bits per heavy atom. The molecule has 2 aromatic heterocycles. The quantitative estimate of drug-likeness (QED) is 0.762. The summed E-state index contributed by atoms with van der Waals surface area (Å²) in [5.74, 6) is 1.43. The van der Waals surface area contributed by atoms with Gasteiger partial charge in [-0.15, -0.1) is 0 Å². The van der Waals surface area contributed by atoms with E-state index in [1.54, 1.807) is 19.6 Å². The van der Waals surface area contributed by atoms with E-state index in [-0.39, 0.29) is 0 Å². The summed E-state index contributed by atoms with van der Waals surface area (Å²) < 4.78 is 15.7. The maximum Gasteiger partial charge on any atom is 0.237 e. The summed E-state index contributed by atoms with van der Waals surface area (Å²) in [6.45, 7) is 1.61. The smallest absolute Gasteiger partial charge is 0.237 e. The number of ether oxygens (including phenoxy) is 2. The van der Waals surface area contributed by atoms with Gasteiger partial charge in [-0.3, -0.25) is 0 Å². The van der Waals surface area contributed by atoms with Crippen LogP contribution in [0.1, 0.15) is 5.76 Å². The number of aromatic nitrogens is 1. The molecule has 0 bridgehead atoms. The molecule has 5 heteroatoms. The first-order valence-corrected chi connectivity index (χ1v) is 5.73. The van der Waals surface area contributed by atoms with Crippen LogP contribution in [-0.4, -0.2) is 25.3 Å². The zero-order valence-corrected chi connectivity index (χ0v) is 10.3. The molecule has 0 aliphatic heterocycles. The summed E-state index contributed by atoms with van der Waals surface area (Å²) in [6, 6.07) is 7.54. The summed E-state index contributed by atoms with van der Waals surface area (Å²) in [6.07, 6.45) is 3.34. The van der Waals surface area contributed by atoms with E-state index in [1.165, 1.54) is 0 Å². The lowest BCUT2D eigenvalue weighted by molar-refractivity contribution is 0.144. The number of hydrogen-bond acceptors (Lipinski definition) is 5. The SMILES string of the molecule is COCCOc1ncccc1NCc1ccco1. The number of nitrogens with one attached hydrogen (secondary N) is 1. The Hall–Kier alpha value is -2.01. The maximum atomic E-state index is 5.52. The molecule has 0 aliphatic carbocycles. The highest BCUT2D eigenvalue weighted by Gasteiger charge is 2.04. The Morgan fingerprint density at radius 3 is 3.00 bits per heavy atom. The fraction of sp³-hybridized carbons (Fsp3) is 0.308. The van der Waals surface area contributed by atoms with Crippen LogP contribution in [-0.2, 0) is 11.3 Å². The van der Waals surface area contributed by atoms with Crippen LogP contribution < -0.4 is 10.1 Å². The minimum atomic E-state index is 0.475. The molecule has 0 aromatic carbocycles. The Bertz CT molecular complexity index is 457. The van der Waals surface area contributed by atoms with Crippen molar-refractivity contribution in [2.24, 2.45) is 0 Å². The van der Waals surface area contributed by atoms with Crippen molar-refractivity contribution in [2.75, 3.05) is 25.6 Å². The number of nitrogens with zero attached hydrogens (tertiary/aromatic N) is 1. The molecule has 0 amide bonds. The molecule has 0 radical (unpaired) electrons. The number of pyridine rings is 1. The van der Waals surface area contributed by atoms with E-state index in [1.807, 2.05) is 24.3 Å². The Balaban J connectivity index is 1.94. The van der Waals surface area contributed by atoms with Gasteiger partial charge in [-0.25, -0.2) is 4.98 Å². The van der Waals surface area contributed by atoms with Gasteiger partial charge >= 0.3 is 0 Å². The van der Waals surface area contributed by atoms with Gasteiger partial charge in [0.15, 0.2) is 0 Å². The molecule has 0 fully saturated rings. The number of anilines is 1. The maximum absolute atomic E-state index is 5.52. The van der Waals surface area contributed by atoms with E-state index in [9.17, 15) is 0 Å². The zero-order chi connectivity index (χ0) is 12.6. The zero-order valence-electron chi connectivity index (χ0n) is 10.3. The highest BCUT2D eigenvalue weighted by Crippen LogP contribution is 2.21. The van der Waals surface area contributed by atoms with E-state index >= 15 is 0 Å². The number of methoxy groups -OCH3 is 1. The van der Waals surface area contributed by atoms with Crippen molar-refractivity contribution < 1.29 is 13.9 Å². The average Bonchev–Trinajstić information content (AvgIpc) is 2.91. The molecule has 0 unspecified atom stereocenters. The average molecular weight is 248 g/mol. The molecule has 0 saturated heterocycles. The molecule has 18 heavy (non-hydrogen) atoms. The van der Waals surface area contributed by atoms with Gasteiger partial charge in [-0.05, 0) is 24.3 Å². The highest BCUT2D eigenvalue weighted by molar-refractivity contribution is 5.52. The van der Waals surface area contributed by atoms with Gasteiger partial charge in [-0.1, -0.05) is 0 Å². The third-order valence-electron chi connectivity index (χ3n) is 2.33. The van der Waals surface area contributed by atoms with Crippen molar-refractivity contribution in [1.29, 1.82) is 0 Å². The van der Waals surface area contributed by atoms with Crippen molar-refractivity contribution in [3.8, 4) is 5.88 Å². The fourth-order valence-electron chi connectivity index (χ4n) is 1.46. The van der Waals surface area contributed by atoms with Crippen molar-refractivity contribution >= 4 is 5.69 Å². The molecule has 2 heterocycles. The van der Waals surface area contributed by atoms with Gasteiger partial charge in [0.2, 0.25) is 5.88 Å². The van der Waals surface area contributed by atoms with Crippen LogP contribution in [0.2, 0.25) is 0 Å². The topological polar surface area (TPSA) is 56.5 Å². The first-order chi connectivity index (χ1) is 8.90. The number of hydrogen-bond donors (Lipinski definition) is 1. The summed E-state index contributed by atoms with van der Waals surface area (Å²) in [5.41, 5.74) is 0.838. The van der Waals surface area contributed by atoms with Crippen molar-refractivity contribution in [1.82, 2.24) is 4.98 Å². The molecule has 96 valence electrons. The predicted octanol–water partition coefficient (Wildman–Crippen LogP) is 2.31. The standard InChI is InChI=1S/C13H16N2O3/c1-16-8-9-18-13-12(5-2-6-14-13)15-10-11-4-3-7-17-11/h2-7,15H,8-10H2,1H3. The van der Waals surface area contributed by atoms with Gasteiger partial charge in [0, 0.05) is 13.3 Å². The van der Waals surface area contributed by atoms with E-state index in [4.69, 9.17) is 13.9 Å². The predicted molar refractivity (Wildman–Crippen MR) is 67.6 cm³/mol. The summed E-state index contributed by atoms with van der Waals surface area (Å²) >= 11 is 0. The first kappa shape index (κ1) is 12.4. The summed E-state index contributed by atoms with van der Waals surface area (Å²) in [7, 11) is 1.64. The minimum absolute atomic E-state index is 0.475. The lowest BCUT2D eigenvalue weighted by Crippen LogP contribution is -2.08. The lowest BCUT2D eigenvalue weighted by atomic mass is 10.3. The largest absolute Gasteiger partial charge is 0.474 e. The van der Waals surface area contributed by atoms with Crippen molar-refractivity contribution in [2.45, 2.75) is 6.54 Å². The molecule has 0 spiro atoms. The van der Waals surface area contributed by atoms with Crippen LogP contribution in [0.4, 0.5) is 5.69 Å². The Morgan fingerprint density at radius 1 is 1.28 bits per heavy atom. The molecule has 0 aliphatic rings. The second-order valence-corrected chi connectivity index (χ2v) is 3.63. The second kappa shape index (κ2) is 6.66. The van der Waals surface area contributed by atoms with Crippen molar-refractivity contribution in [3.63, 3.8) is 0 Å². The van der Waals surface area contributed by atoms with Crippen LogP contribution >= 0.6 is 0 Å². The lowest BCUT2D eigenvalue weighted by Gasteiger charge is -2.10. The highest BCUT2D eigenvalue weighted by atomic mass is 16.5. The van der Waals surface area contributed by atoms with Crippen LogP contribution in [0, 0.1) is 0 Å². The van der Waals surface area contributed by atoms with Crippen LogP contribution in [0.15, 0.2) is 41.1 Å². The molecule has 5 nitrogen and oxygen atoms in total. The molecule has 0 saturated carbocycles. The van der Waals surface area contributed by atoms with Crippen LogP contribution in [0.3, 0.4) is 0 Å². The van der Waals surface area contributed by atoms with Crippen LogP contribution in [0.5, 0.6) is 5.88 Å². The Labute approximate surface area is 106 Å².